The lowest BCUT2D eigenvalue weighted by Gasteiger charge is -2.28. The fourth-order valence-electron chi connectivity index (χ4n) is 1.88. The Balaban J connectivity index is 2.53. The van der Waals surface area contributed by atoms with Gasteiger partial charge in [0.15, 0.2) is 0 Å². The highest BCUT2D eigenvalue weighted by Gasteiger charge is 2.21. The molecule has 1 nitrogen and oxygen atoms in total. The Labute approximate surface area is 75.8 Å². The Morgan fingerprint density at radius 2 is 2.25 bits per heavy atom. The molecule has 2 unspecified atom stereocenters. The largest absolute Gasteiger partial charge is 0.381 e. The second kappa shape index (κ2) is 4.66. The van der Waals surface area contributed by atoms with Gasteiger partial charge in [-0.1, -0.05) is 25.0 Å². The lowest BCUT2D eigenvalue weighted by molar-refractivity contribution is 0.0298. The van der Waals surface area contributed by atoms with Gasteiger partial charge in [0.2, 0.25) is 0 Å². The van der Waals surface area contributed by atoms with E-state index in [9.17, 15) is 0 Å². The van der Waals surface area contributed by atoms with Crippen molar-refractivity contribution < 1.29 is 4.74 Å². The van der Waals surface area contributed by atoms with Gasteiger partial charge in [0, 0.05) is 13.2 Å². The molecule has 0 aliphatic carbocycles. The van der Waals surface area contributed by atoms with Crippen LogP contribution in [0, 0.1) is 11.8 Å². The highest BCUT2D eigenvalue weighted by molar-refractivity contribution is 4.99. The van der Waals surface area contributed by atoms with Gasteiger partial charge in [-0.05, 0) is 32.1 Å². The van der Waals surface area contributed by atoms with Crippen molar-refractivity contribution >= 4 is 0 Å². The highest BCUT2D eigenvalue weighted by atomic mass is 16.5. The second-order valence-electron chi connectivity index (χ2n) is 3.94. The fraction of sp³-hybridized carbons (Fsp3) is 0.818. The van der Waals surface area contributed by atoms with Gasteiger partial charge in [-0.2, -0.15) is 0 Å². The molecule has 1 rings (SSSR count). The minimum atomic E-state index is 0.758. The van der Waals surface area contributed by atoms with Gasteiger partial charge >= 0.3 is 0 Å². The van der Waals surface area contributed by atoms with E-state index in [0.717, 1.165) is 25.0 Å². The average molecular weight is 168 g/mol. The third-order valence-corrected chi connectivity index (χ3v) is 2.60. The first-order valence-corrected chi connectivity index (χ1v) is 4.96. The van der Waals surface area contributed by atoms with Crippen molar-refractivity contribution in [2.45, 2.75) is 33.6 Å². The minimum absolute atomic E-state index is 0.758. The van der Waals surface area contributed by atoms with Gasteiger partial charge in [0.25, 0.3) is 0 Å². The zero-order valence-electron chi connectivity index (χ0n) is 8.47. The molecule has 0 saturated carbocycles. The van der Waals surface area contributed by atoms with Crippen LogP contribution in [-0.2, 0) is 4.74 Å². The molecule has 0 aromatic heterocycles. The van der Waals surface area contributed by atoms with Crippen LogP contribution >= 0.6 is 0 Å². The molecule has 2 atom stereocenters. The maximum absolute atomic E-state index is 5.46. The summed E-state index contributed by atoms with van der Waals surface area (Å²) < 4.78 is 5.46. The summed E-state index contributed by atoms with van der Waals surface area (Å²) >= 11 is 0. The fourth-order valence-corrected chi connectivity index (χ4v) is 1.88. The van der Waals surface area contributed by atoms with Gasteiger partial charge in [0.05, 0.1) is 0 Å². The molecule has 0 amide bonds. The minimum Gasteiger partial charge on any atom is -0.381 e. The maximum Gasteiger partial charge on any atom is 0.0499 e. The van der Waals surface area contributed by atoms with Crippen LogP contribution in [0.3, 0.4) is 0 Å². The first kappa shape index (κ1) is 9.79. The van der Waals surface area contributed by atoms with Gasteiger partial charge in [-0.15, -0.1) is 0 Å². The van der Waals surface area contributed by atoms with Crippen LogP contribution in [0.25, 0.3) is 0 Å². The van der Waals surface area contributed by atoms with E-state index in [0.29, 0.717) is 0 Å². The Hall–Kier alpha value is -0.300. The molecule has 0 aromatic carbocycles. The Kier molecular flexibility index (Phi) is 3.80. The Morgan fingerprint density at radius 3 is 2.83 bits per heavy atom. The summed E-state index contributed by atoms with van der Waals surface area (Å²) in [6.07, 6.45) is 4.87. The number of allylic oxidation sites excluding steroid dienone is 2. The summed E-state index contributed by atoms with van der Waals surface area (Å²) in [6, 6.07) is 0. The van der Waals surface area contributed by atoms with E-state index < -0.39 is 0 Å². The molecule has 12 heavy (non-hydrogen) atoms. The molecular formula is C11H20O. The normalized spacial score (nSPS) is 29.9. The molecule has 70 valence electrons. The standard InChI is InChI=1S/C11H20O/c1-4-10-8-12-6-5-11(10)7-9(2)3/h7,10-11H,4-6,8H2,1-3H3. The van der Waals surface area contributed by atoms with Gasteiger partial charge < -0.3 is 4.74 Å². The van der Waals surface area contributed by atoms with Crippen LogP contribution in [-0.4, -0.2) is 13.2 Å². The van der Waals surface area contributed by atoms with E-state index in [4.69, 9.17) is 4.74 Å². The topological polar surface area (TPSA) is 9.23 Å². The summed E-state index contributed by atoms with van der Waals surface area (Å²) in [6.45, 7) is 8.53. The quantitative estimate of drug-likeness (QED) is 0.576. The molecule has 0 radical (unpaired) electrons. The third kappa shape index (κ3) is 2.63. The summed E-state index contributed by atoms with van der Waals surface area (Å²) in [5.74, 6) is 1.53. The molecule has 1 aliphatic rings. The van der Waals surface area contributed by atoms with E-state index in [1.807, 2.05) is 0 Å². The van der Waals surface area contributed by atoms with Crippen molar-refractivity contribution in [2.75, 3.05) is 13.2 Å². The van der Waals surface area contributed by atoms with Crippen LogP contribution in [0.1, 0.15) is 33.6 Å². The molecule has 1 aliphatic heterocycles. The van der Waals surface area contributed by atoms with Gasteiger partial charge in [-0.25, -0.2) is 0 Å². The van der Waals surface area contributed by atoms with Gasteiger partial charge in [0.1, 0.15) is 0 Å². The van der Waals surface area contributed by atoms with Crippen LogP contribution in [0.2, 0.25) is 0 Å². The SMILES string of the molecule is CCC1COCCC1C=C(C)C. The van der Waals surface area contributed by atoms with Crippen LogP contribution in [0.4, 0.5) is 0 Å². The van der Waals surface area contributed by atoms with Crippen LogP contribution in [0.5, 0.6) is 0 Å². The molecule has 0 spiro atoms. The lowest BCUT2D eigenvalue weighted by atomic mass is 9.85. The summed E-state index contributed by atoms with van der Waals surface area (Å²) in [4.78, 5) is 0. The molecular weight excluding hydrogens is 148 g/mol. The van der Waals surface area contributed by atoms with Crippen molar-refractivity contribution in [1.29, 1.82) is 0 Å². The Morgan fingerprint density at radius 1 is 1.50 bits per heavy atom. The predicted molar refractivity (Wildman–Crippen MR) is 52.1 cm³/mol. The predicted octanol–water partition coefficient (Wildman–Crippen LogP) is 3.02. The zero-order chi connectivity index (χ0) is 8.97. The van der Waals surface area contributed by atoms with Gasteiger partial charge in [-0.3, -0.25) is 0 Å². The molecule has 1 saturated heterocycles. The monoisotopic (exact) mass is 168 g/mol. The summed E-state index contributed by atoms with van der Waals surface area (Å²) in [5.41, 5.74) is 1.44. The number of hydrogen-bond donors (Lipinski definition) is 0. The van der Waals surface area contributed by atoms with Crippen molar-refractivity contribution in [1.82, 2.24) is 0 Å². The highest BCUT2D eigenvalue weighted by Crippen LogP contribution is 2.26. The van der Waals surface area contributed by atoms with E-state index >= 15 is 0 Å². The number of ether oxygens (including phenoxy) is 1. The summed E-state index contributed by atoms with van der Waals surface area (Å²) in [7, 11) is 0. The van der Waals surface area contributed by atoms with E-state index in [1.165, 1.54) is 18.4 Å². The number of rotatable bonds is 2. The van der Waals surface area contributed by atoms with Crippen LogP contribution in [0.15, 0.2) is 11.6 Å². The summed E-state index contributed by atoms with van der Waals surface area (Å²) in [5, 5.41) is 0. The van der Waals surface area contributed by atoms with Crippen molar-refractivity contribution in [2.24, 2.45) is 11.8 Å². The molecule has 1 heteroatoms. The number of hydrogen-bond acceptors (Lipinski definition) is 1. The molecule has 0 bridgehead atoms. The Bertz CT molecular complexity index is 156. The first-order chi connectivity index (χ1) is 5.74. The molecule has 0 aromatic rings. The van der Waals surface area contributed by atoms with Crippen molar-refractivity contribution in [3.63, 3.8) is 0 Å². The van der Waals surface area contributed by atoms with Crippen molar-refractivity contribution in [3.05, 3.63) is 11.6 Å². The third-order valence-electron chi connectivity index (χ3n) is 2.60. The van der Waals surface area contributed by atoms with Crippen LogP contribution < -0.4 is 0 Å². The first-order valence-electron chi connectivity index (χ1n) is 4.96. The smallest absolute Gasteiger partial charge is 0.0499 e. The average Bonchev–Trinajstić information content (AvgIpc) is 2.04. The lowest BCUT2D eigenvalue weighted by Crippen LogP contribution is -2.25. The van der Waals surface area contributed by atoms with E-state index in [2.05, 4.69) is 26.8 Å². The molecule has 1 fully saturated rings. The molecule has 1 heterocycles. The van der Waals surface area contributed by atoms with Crippen molar-refractivity contribution in [3.8, 4) is 0 Å². The van der Waals surface area contributed by atoms with E-state index in [-0.39, 0.29) is 0 Å². The maximum atomic E-state index is 5.46. The van der Waals surface area contributed by atoms with E-state index in [1.54, 1.807) is 0 Å². The second-order valence-corrected chi connectivity index (χ2v) is 3.94. The molecule has 0 N–H and O–H groups in total. The zero-order valence-corrected chi connectivity index (χ0v) is 8.47.